The number of rotatable bonds is 8. The topological polar surface area (TPSA) is 33.3 Å². The molecule has 2 rings (SSSR count). The van der Waals surface area contributed by atoms with E-state index in [9.17, 15) is 0 Å². The second-order valence-corrected chi connectivity index (χ2v) is 5.65. The maximum absolute atomic E-state index is 5.57. The van der Waals surface area contributed by atoms with Gasteiger partial charge in [0, 0.05) is 18.5 Å². The van der Waals surface area contributed by atoms with E-state index >= 15 is 0 Å². The molecule has 1 saturated heterocycles. The van der Waals surface area contributed by atoms with E-state index in [0.29, 0.717) is 12.0 Å². The Morgan fingerprint density at radius 1 is 1.18 bits per heavy atom. The molecule has 1 saturated carbocycles. The lowest BCUT2D eigenvalue weighted by atomic mass is 9.83. The first-order valence-corrected chi connectivity index (χ1v) is 7.42. The third kappa shape index (κ3) is 4.23. The largest absolute Gasteiger partial charge is 0.379 e. The van der Waals surface area contributed by atoms with Crippen LogP contribution in [0, 0.1) is 11.8 Å². The van der Waals surface area contributed by atoms with E-state index in [1.807, 2.05) is 0 Å². The molecular weight excluding hydrogens is 212 g/mol. The van der Waals surface area contributed by atoms with Crippen LogP contribution in [0.15, 0.2) is 0 Å². The molecule has 1 aliphatic carbocycles. The molecule has 0 aromatic heterocycles. The van der Waals surface area contributed by atoms with Crippen molar-refractivity contribution in [3.8, 4) is 0 Å². The van der Waals surface area contributed by atoms with Gasteiger partial charge in [0.1, 0.15) is 0 Å². The Hall–Kier alpha value is -0.120. The van der Waals surface area contributed by atoms with Crippen molar-refractivity contribution in [1.29, 1.82) is 0 Å². The molecule has 0 aromatic rings. The van der Waals surface area contributed by atoms with Gasteiger partial charge in [-0.25, -0.2) is 0 Å². The van der Waals surface area contributed by atoms with Gasteiger partial charge in [-0.05, 0) is 31.8 Å². The Morgan fingerprint density at radius 2 is 2.06 bits per heavy atom. The summed E-state index contributed by atoms with van der Waals surface area (Å²) in [6.45, 7) is 7.48. The average molecular weight is 240 g/mol. The van der Waals surface area contributed by atoms with E-state index < -0.39 is 0 Å². The fourth-order valence-corrected chi connectivity index (χ4v) is 2.73. The van der Waals surface area contributed by atoms with Gasteiger partial charge in [-0.15, -0.1) is 0 Å². The van der Waals surface area contributed by atoms with Crippen molar-refractivity contribution >= 4 is 0 Å². The van der Waals surface area contributed by atoms with Crippen LogP contribution < -0.4 is 10.6 Å². The average Bonchev–Trinajstić information content (AvgIpc) is 2.71. The van der Waals surface area contributed by atoms with E-state index in [1.165, 1.54) is 38.6 Å². The summed E-state index contributed by atoms with van der Waals surface area (Å²) >= 11 is 0. The Morgan fingerprint density at radius 3 is 2.76 bits per heavy atom. The summed E-state index contributed by atoms with van der Waals surface area (Å²) < 4.78 is 5.57. The predicted octanol–water partition coefficient (Wildman–Crippen LogP) is 1.78. The van der Waals surface area contributed by atoms with Crippen LogP contribution in [0.4, 0.5) is 0 Å². The third-order valence-corrected chi connectivity index (χ3v) is 4.22. The molecule has 1 heterocycles. The van der Waals surface area contributed by atoms with Crippen LogP contribution in [0.3, 0.4) is 0 Å². The minimum atomic E-state index is 0.575. The van der Waals surface area contributed by atoms with E-state index in [-0.39, 0.29) is 0 Å². The fraction of sp³-hybridized carbons (Fsp3) is 1.00. The Bertz CT molecular complexity index is 206. The molecule has 2 aliphatic rings. The highest BCUT2D eigenvalue weighted by molar-refractivity contribution is 4.82. The zero-order chi connectivity index (χ0) is 11.9. The summed E-state index contributed by atoms with van der Waals surface area (Å²) in [4.78, 5) is 0. The fourth-order valence-electron chi connectivity index (χ4n) is 2.73. The van der Waals surface area contributed by atoms with E-state index in [0.717, 1.165) is 32.2 Å². The normalized spacial score (nSPS) is 29.5. The van der Waals surface area contributed by atoms with Crippen molar-refractivity contribution in [1.82, 2.24) is 10.6 Å². The molecule has 0 bridgehead atoms. The number of hydrogen-bond donors (Lipinski definition) is 2. The lowest BCUT2D eigenvalue weighted by Crippen LogP contribution is -2.41. The second kappa shape index (κ2) is 7.34. The van der Waals surface area contributed by atoms with Gasteiger partial charge >= 0.3 is 0 Å². The van der Waals surface area contributed by atoms with Gasteiger partial charge in [-0.3, -0.25) is 0 Å². The third-order valence-electron chi connectivity index (χ3n) is 4.22. The van der Waals surface area contributed by atoms with Crippen molar-refractivity contribution in [2.24, 2.45) is 11.8 Å². The molecular formula is C14H28N2O. The summed E-state index contributed by atoms with van der Waals surface area (Å²) in [6.07, 6.45) is 6.98. The second-order valence-electron chi connectivity index (χ2n) is 5.65. The Labute approximate surface area is 106 Å². The van der Waals surface area contributed by atoms with E-state index in [2.05, 4.69) is 17.6 Å². The van der Waals surface area contributed by atoms with E-state index in [1.54, 1.807) is 0 Å². The highest BCUT2D eigenvalue weighted by Gasteiger charge is 2.27. The van der Waals surface area contributed by atoms with Crippen LogP contribution in [0.5, 0.6) is 0 Å². The summed E-state index contributed by atoms with van der Waals surface area (Å²) in [5, 5.41) is 7.20. The summed E-state index contributed by atoms with van der Waals surface area (Å²) in [5.41, 5.74) is 0. The van der Waals surface area contributed by atoms with Crippen molar-refractivity contribution in [2.75, 3.05) is 32.8 Å². The Balaban J connectivity index is 1.53. The van der Waals surface area contributed by atoms with Crippen LogP contribution in [-0.2, 0) is 4.74 Å². The van der Waals surface area contributed by atoms with Gasteiger partial charge in [0.25, 0.3) is 0 Å². The first-order valence-electron chi connectivity index (χ1n) is 7.42. The zero-order valence-electron chi connectivity index (χ0n) is 11.2. The van der Waals surface area contributed by atoms with Gasteiger partial charge in [0.05, 0.1) is 13.2 Å². The van der Waals surface area contributed by atoms with Crippen molar-refractivity contribution in [3.63, 3.8) is 0 Å². The summed E-state index contributed by atoms with van der Waals surface area (Å²) in [6, 6.07) is 0.575. The molecule has 100 valence electrons. The lowest BCUT2D eigenvalue weighted by Gasteiger charge is -2.26. The molecule has 3 nitrogen and oxygen atoms in total. The number of nitrogens with one attached hydrogen (secondary N) is 2. The monoisotopic (exact) mass is 240 g/mol. The maximum Gasteiger partial charge on any atom is 0.0623 e. The highest BCUT2D eigenvalue weighted by Crippen LogP contribution is 2.28. The summed E-state index contributed by atoms with van der Waals surface area (Å²) in [5.74, 6) is 1.69. The molecule has 0 radical (unpaired) electrons. The first-order chi connectivity index (χ1) is 8.40. The Kier molecular flexibility index (Phi) is 5.75. The van der Waals surface area contributed by atoms with Gasteiger partial charge in [-0.2, -0.15) is 0 Å². The molecule has 2 fully saturated rings. The molecule has 2 atom stereocenters. The first kappa shape index (κ1) is 13.3. The van der Waals surface area contributed by atoms with Crippen LogP contribution in [0.1, 0.15) is 39.0 Å². The maximum atomic E-state index is 5.57. The zero-order valence-corrected chi connectivity index (χ0v) is 11.2. The van der Waals surface area contributed by atoms with Gasteiger partial charge in [0.2, 0.25) is 0 Å². The minimum absolute atomic E-state index is 0.575. The van der Waals surface area contributed by atoms with E-state index in [4.69, 9.17) is 4.74 Å². The molecule has 0 amide bonds. The molecule has 2 unspecified atom stereocenters. The molecule has 2 N–H and O–H groups in total. The number of hydrogen-bond acceptors (Lipinski definition) is 3. The predicted molar refractivity (Wildman–Crippen MR) is 71.2 cm³/mol. The van der Waals surface area contributed by atoms with Crippen molar-refractivity contribution in [2.45, 2.75) is 45.1 Å². The van der Waals surface area contributed by atoms with Gasteiger partial charge in [0.15, 0.2) is 0 Å². The molecule has 1 aliphatic heterocycles. The molecule has 0 aromatic carbocycles. The smallest absolute Gasteiger partial charge is 0.0623 e. The van der Waals surface area contributed by atoms with Gasteiger partial charge in [-0.1, -0.05) is 26.2 Å². The van der Waals surface area contributed by atoms with Crippen LogP contribution >= 0.6 is 0 Å². The SMILES string of the molecule is CCCNC1COCC1CNCCC1CCC1. The van der Waals surface area contributed by atoms with Crippen LogP contribution in [-0.4, -0.2) is 38.9 Å². The minimum Gasteiger partial charge on any atom is -0.379 e. The molecule has 0 spiro atoms. The quantitative estimate of drug-likeness (QED) is 0.635. The van der Waals surface area contributed by atoms with Crippen LogP contribution in [0.2, 0.25) is 0 Å². The lowest BCUT2D eigenvalue weighted by molar-refractivity contribution is 0.182. The number of ether oxygens (including phenoxy) is 1. The van der Waals surface area contributed by atoms with Gasteiger partial charge < -0.3 is 15.4 Å². The van der Waals surface area contributed by atoms with Crippen molar-refractivity contribution in [3.05, 3.63) is 0 Å². The molecule has 17 heavy (non-hydrogen) atoms. The summed E-state index contributed by atoms with van der Waals surface area (Å²) in [7, 11) is 0. The molecule has 3 heteroatoms. The highest BCUT2D eigenvalue weighted by atomic mass is 16.5. The van der Waals surface area contributed by atoms with Crippen LogP contribution in [0.25, 0.3) is 0 Å². The van der Waals surface area contributed by atoms with Crippen molar-refractivity contribution < 1.29 is 4.74 Å². The standard InChI is InChI=1S/C14H28N2O/c1-2-7-16-14-11-17-10-13(14)9-15-8-6-12-4-3-5-12/h12-16H,2-11H2,1H3.